The molecule has 1 N–H and O–H groups in total. The van der Waals surface area contributed by atoms with Crippen molar-refractivity contribution in [2.24, 2.45) is 0 Å². The van der Waals surface area contributed by atoms with Gasteiger partial charge in [0, 0.05) is 18.8 Å². The molecule has 0 saturated heterocycles. The Labute approximate surface area is 148 Å². The fourth-order valence-corrected chi connectivity index (χ4v) is 2.55. The second-order valence-electron chi connectivity index (χ2n) is 5.96. The maximum atomic E-state index is 12.0. The van der Waals surface area contributed by atoms with E-state index in [1.807, 2.05) is 32.0 Å². The van der Waals surface area contributed by atoms with Crippen LogP contribution in [-0.2, 0) is 21.4 Å². The van der Waals surface area contributed by atoms with Crippen molar-refractivity contribution in [2.75, 3.05) is 18.6 Å². The van der Waals surface area contributed by atoms with Gasteiger partial charge in [0.05, 0.1) is 12.8 Å². The van der Waals surface area contributed by atoms with Crippen LogP contribution in [0.25, 0.3) is 6.08 Å². The Morgan fingerprint density at radius 2 is 1.96 bits per heavy atom. The van der Waals surface area contributed by atoms with Crippen molar-refractivity contribution in [1.29, 1.82) is 0 Å². The lowest BCUT2D eigenvalue weighted by atomic mass is 10.1. The average molecular weight is 362 g/mol. The van der Waals surface area contributed by atoms with Crippen LogP contribution in [0.1, 0.15) is 22.6 Å². The summed E-state index contributed by atoms with van der Waals surface area (Å²) in [6.07, 6.45) is 4.05. The number of rotatable bonds is 6. The number of sulfonamides is 1. The highest BCUT2D eigenvalue weighted by Crippen LogP contribution is 2.16. The van der Waals surface area contributed by atoms with E-state index in [0.29, 0.717) is 11.5 Å². The van der Waals surface area contributed by atoms with Crippen molar-refractivity contribution in [3.63, 3.8) is 0 Å². The summed E-state index contributed by atoms with van der Waals surface area (Å²) < 4.78 is 29.5. The van der Waals surface area contributed by atoms with Gasteiger partial charge in [0.2, 0.25) is 15.9 Å². The van der Waals surface area contributed by atoms with Crippen molar-refractivity contribution in [2.45, 2.75) is 20.4 Å². The van der Waals surface area contributed by atoms with Gasteiger partial charge in [0.25, 0.3) is 0 Å². The van der Waals surface area contributed by atoms with Gasteiger partial charge in [-0.2, -0.15) is 4.31 Å². The highest BCUT2D eigenvalue weighted by Gasteiger charge is 2.13. The minimum Gasteiger partial charge on any atom is -0.460 e. The summed E-state index contributed by atoms with van der Waals surface area (Å²) >= 11 is 0. The van der Waals surface area contributed by atoms with E-state index in [1.54, 1.807) is 18.2 Å². The van der Waals surface area contributed by atoms with Crippen molar-refractivity contribution in [1.82, 2.24) is 4.31 Å². The molecule has 0 radical (unpaired) electrons. The van der Waals surface area contributed by atoms with Crippen LogP contribution in [0.2, 0.25) is 0 Å². The fourth-order valence-electron chi connectivity index (χ4n) is 2.19. The molecule has 0 atom stereocenters. The third kappa shape index (κ3) is 5.58. The van der Waals surface area contributed by atoms with E-state index in [-0.39, 0.29) is 12.5 Å². The Morgan fingerprint density at radius 3 is 2.60 bits per heavy atom. The van der Waals surface area contributed by atoms with E-state index < -0.39 is 10.0 Å². The molecule has 0 aliphatic carbocycles. The van der Waals surface area contributed by atoms with Gasteiger partial charge in [-0.15, -0.1) is 0 Å². The van der Waals surface area contributed by atoms with Crippen molar-refractivity contribution in [3.8, 4) is 0 Å². The molecule has 0 aliphatic heterocycles. The first-order chi connectivity index (χ1) is 11.6. The van der Waals surface area contributed by atoms with Crippen LogP contribution in [-0.4, -0.2) is 31.9 Å². The second kappa shape index (κ2) is 7.67. The van der Waals surface area contributed by atoms with Crippen molar-refractivity contribution >= 4 is 27.7 Å². The Morgan fingerprint density at radius 1 is 1.24 bits per heavy atom. The predicted octanol–water partition coefficient (Wildman–Crippen LogP) is 2.94. The van der Waals surface area contributed by atoms with Crippen molar-refractivity contribution in [3.05, 3.63) is 59.1 Å². The molecule has 2 rings (SSSR count). The van der Waals surface area contributed by atoms with E-state index in [9.17, 15) is 13.2 Å². The SMILES string of the molecule is Cc1ccc(NC(=O)/C=C/c2ccc(CN(C)S(C)(=O)=O)o2)c(C)c1. The van der Waals surface area contributed by atoms with Crippen LogP contribution in [0.5, 0.6) is 0 Å². The highest BCUT2D eigenvalue weighted by atomic mass is 32.2. The number of carbonyl (C=O) groups is 1. The molecule has 25 heavy (non-hydrogen) atoms. The van der Waals surface area contributed by atoms with Gasteiger partial charge in [-0.05, 0) is 43.7 Å². The zero-order valence-electron chi connectivity index (χ0n) is 14.7. The molecule has 7 heteroatoms. The Bertz CT molecular complexity index is 898. The topological polar surface area (TPSA) is 79.6 Å². The van der Waals surface area contributed by atoms with Crippen LogP contribution in [0, 0.1) is 13.8 Å². The first-order valence-corrected chi connectivity index (χ1v) is 9.56. The normalized spacial score (nSPS) is 12.0. The van der Waals surface area contributed by atoms with Gasteiger partial charge in [-0.25, -0.2) is 8.42 Å². The molecule has 1 aromatic heterocycles. The lowest BCUT2D eigenvalue weighted by Gasteiger charge is -2.11. The fraction of sp³-hybridized carbons (Fsp3) is 0.278. The van der Waals surface area contributed by atoms with Crippen LogP contribution in [0.3, 0.4) is 0 Å². The largest absolute Gasteiger partial charge is 0.460 e. The molecular weight excluding hydrogens is 340 g/mol. The van der Waals surface area contributed by atoms with Crippen LogP contribution >= 0.6 is 0 Å². The number of anilines is 1. The van der Waals surface area contributed by atoms with Crippen LogP contribution in [0.4, 0.5) is 5.69 Å². The Balaban J connectivity index is 1.98. The molecule has 0 spiro atoms. The van der Waals surface area contributed by atoms with Gasteiger partial charge in [-0.1, -0.05) is 17.7 Å². The predicted molar refractivity (Wildman–Crippen MR) is 98.6 cm³/mol. The molecule has 2 aromatic rings. The number of hydrogen-bond donors (Lipinski definition) is 1. The van der Waals surface area contributed by atoms with Crippen LogP contribution < -0.4 is 5.32 Å². The van der Waals surface area contributed by atoms with E-state index in [4.69, 9.17) is 4.42 Å². The number of amides is 1. The summed E-state index contributed by atoms with van der Waals surface area (Å²) in [6.45, 7) is 4.07. The zero-order chi connectivity index (χ0) is 18.6. The molecule has 1 amide bonds. The molecule has 6 nitrogen and oxygen atoms in total. The van der Waals surface area contributed by atoms with E-state index in [2.05, 4.69) is 5.32 Å². The smallest absolute Gasteiger partial charge is 0.248 e. The molecule has 1 aromatic carbocycles. The summed E-state index contributed by atoms with van der Waals surface area (Å²) in [5.41, 5.74) is 2.88. The third-order valence-electron chi connectivity index (χ3n) is 3.67. The van der Waals surface area contributed by atoms with E-state index in [0.717, 1.165) is 23.1 Å². The molecule has 0 saturated carbocycles. The van der Waals surface area contributed by atoms with Gasteiger partial charge in [0.1, 0.15) is 11.5 Å². The molecule has 0 fully saturated rings. The number of benzene rings is 1. The standard InChI is InChI=1S/C18H22N2O4S/c1-13-5-9-17(14(2)11-13)19-18(21)10-8-15-6-7-16(24-15)12-20(3)25(4,22)23/h5-11H,12H2,1-4H3,(H,19,21)/b10-8+. The summed E-state index contributed by atoms with van der Waals surface area (Å²) in [5, 5.41) is 2.81. The van der Waals surface area contributed by atoms with E-state index in [1.165, 1.54) is 17.4 Å². The van der Waals surface area contributed by atoms with Gasteiger partial charge in [0.15, 0.2) is 0 Å². The maximum Gasteiger partial charge on any atom is 0.248 e. The van der Waals surface area contributed by atoms with E-state index >= 15 is 0 Å². The summed E-state index contributed by atoms with van der Waals surface area (Å²) in [5.74, 6) is 0.716. The first kappa shape index (κ1) is 19.0. The Hall–Kier alpha value is -2.38. The molecule has 134 valence electrons. The minimum absolute atomic E-state index is 0.140. The number of aryl methyl sites for hydroxylation is 2. The summed E-state index contributed by atoms with van der Waals surface area (Å²) in [6, 6.07) is 9.16. The monoisotopic (exact) mass is 362 g/mol. The number of hydrogen-bond acceptors (Lipinski definition) is 4. The molecule has 0 bridgehead atoms. The van der Waals surface area contributed by atoms with Gasteiger partial charge in [-0.3, -0.25) is 4.79 Å². The number of nitrogens with zero attached hydrogens (tertiary/aromatic N) is 1. The Kier molecular flexibility index (Phi) is 5.81. The first-order valence-electron chi connectivity index (χ1n) is 7.71. The second-order valence-corrected chi connectivity index (χ2v) is 8.05. The van der Waals surface area contributed by atoms with Gasteiger partial charge >= 0.3 is 0 Å². The lowest BCUT2D eigenvalue weighted by Crippen LogP contribution is -2.24. The zero-order valence-corrected chi connectivity index (χ0v) is 15.6. The number of nitrogens with one attached hydrogen (secondary N) is 1. The average Bonchev–Trinajstić information content (AvgIpc) is 2.95. The van der Waals surface area contributed by atoms with Crippen LogP contribution in [0.15, 0.2) is 40.8 Å². The number of carbonyl (C=O) groups excluding carboxylic acids is 1. The number of furan rings is 1. The summed E-state index contributed by atoms with van der Waals surface area (Å²) in [7, 11) is -1.79. The molecule has 0 aliphatic rings. The minimum atomic E-state index is -3.27. The molecule has 1 heterocycles. The quantitative estimate of drug-likeness (QED) is 0.801. The van der Waals surface area contributed by atoms with Gasteiger partial charge < -0.3 is 9.73 Å². The maximum absolute atomic E-state index is 12.0. The third-order valence-corrected chi connectivity index (χ3v) is 4.93. The highest BCUT2D eigenvalue weighted by molar-refractivity contribution is 7.88. The summed E-state index contributed by atoms with van der Waals surface area (Å²) in [4.78, 5) is 12.0. The lowest BCUT2D eigenvalue weighted by molar-refractivity contribution is -0.111. The van der Waals surface area contributed by atoms with Crippen molar-refractivity contribution < 1.29 is 17.6 Å². The molecule has 0 unspecified atom stereocenters. The molecular formula is C18H22N2O4S.